The van der Waals surface area contributed by atoms with Gasteiger partial charge in [-0.25, -0.2) is 0 Å². The van der Waals surface area contributed by atoms with Crippen molar-refractivity contribution in [3.05, 3.63) is 30.3 Å². The van der Waals surface area contributed by atoms with E-state index in [2.05, 4.69) is 10.6 Å². The maximum atomic E-state index is 9.07. The van der Waals surface area contributed by atoms with Gasteiger partial charge >= 0.3 is 0 Å². The molecular weight excluding hydrogens is 212 g/mol. The summed E-state index contributed by atoms with van der Waals surface area (Å²) in [7, 11) is 0. The average Bonchev–Trinajstić information content (AvgIpc) is 2.27. The highest BCUT2D eigenvalue weighted by Gasteiger charge is 2.02. The first kappa shape index (κ1) is 11.9. The molecule has 82 valence electrons. The molecule has 0 heterocycles. The van der Waals surface area contributed by atoms with Crippen molar-refractivity contribution in [3.63, 3.8) is 0 Å². The number of para-hydroxylation sites is 1. The molecule has 0 amide bonds. The Morgan fingerprint density at radius 1 is 1.33 bits per heavy atom. The van der Waals surface area contributed by atoms with E-state index >= 15 is 0 Å². The van der Waals surface area contributed by atoms with E-state index in [1.807, 2.05) is 30.3 Å². The fraction of sp³-hybridized carbons (Fsp3) is 0.300. The van der Waals surface area contributed by atoms with Gasteiger partial charge in [0, 0.05) is 12.2 Å². The van der Waals surface area contributed by atoms with E-state index in [1.54, 1.807) is 0 Å². The summed E-state index contributed by atoms with van der Waals surface area (Å²) in [5.41, 5.74) is 0.883. The Labute approximate surface area is 93.9 Å². The monoisotopic (exact) mass is 226 g/mol. The molecule has 0 aliphatic carbocycles. The number of hydrogen-bond donors (Lipinski definition) is 4. The fourth-order valence-electron chi connectivity index (χ4n) is 0.972. The topological polar surface area (TPSA) is 64.5 Å². The third-order valence-electron chi connectivity index (χ3n) is 1.74. The summed E-state index contributed by atoms with van der Waals surface area (Å²) in [5.74, 6) is 0. The third kappa shape index (κ3) is 4.73. The molecule has 0 aromatic heterocycles. The summed E-state index contributed by atoms with van der Waals surface area (Å²) in [6.45, 7) is -0.0455. The second-order valence-electron chi connectivity index (χ2n) is 3.04. The third-order valence-corrected chi connectivity index (χ3v) is 1.99. The molecule has 0 bridgehead atoms. The van der Waals surface area contributed by atoms with Gasteiger partial charge < -0.3 is 20.8 Å². The van der Waals surface area contributed by atoms with Crippen molar-refractivity contribution in [1.82, 2.24) is 5.32 Å². The molecule has 4 nitrogen and oxygen atoms in total. The summed E-state index contributed by atoms with van der Waals surface area (Å²) in [4.78, 5) is 0. The van der Waals surface area contributed by atoms with Gasteiger partial charge in [0.2, 0.25) is 0 Å². The normalized spacial score (nSPS) is 11.9. The molecule has 1 rings (SSSR count). The highest BCUT2D eigenvalue weighted by molar-refractivity contribution is 7.80. The van der Waals surface area contributed by atoms with E-state index < -0.39 is 6.10 Å². The standard InChI is InChI=1S/C10H14N2O2S/c13-7-9(14)6-11-10(15)12-8-4-2-1-3-5-8/h1-5,9,13-14H,6-7H2,(H2,11,12,15)/t9-/m0/s1. The highest BCUT2D eigenvalue weighted by atomic mass is 32.1. The van der Waals surface area contributed by atoms with Gasteiger partial charge in [-0.1, -0.05) is 18.2 Å². The number of benzene rings is 1. The van der Waals surface area contributed by atoms with E-state index in [0.29, 0.717) is 5.11 Å². The minimum atomic E-state index is -0.791. The number of thiocarbonyl (C=S) groups is 1. The highest BCUT2D eigenvalue weighted by Crippen LogP contribution is 2.04. The van der Waals surface area contributed by atoms with Crippen LogP contribution in [0.5, 0.6) is 0 Å². The predicted octanol–water partition coefficient (Wildman–Crippen LogP) is 0.326. The summed E-state index contributed by atoms with van der Waals surface area (Å²) in [5, 5.41) is 23.8. The van der Waals surface area contributed by atoms with Crippen LogP contribution in [0.25, 0.3) is 0 Å². The van der Waals surface area contributed by atoms with Gasteiger partial charge in [0.05, 0.1) is 12.7 Å². The Morgan fingerprint density at radius 3 is 2.60 bits per heavy atom. The molecule has 0 saturated heterocycles. The van der Waals surface area contributed by atoms with Gasteiger partial charge in [-0.15, -0.1) is 0 Å². The molecule has 0 radical (unpaired) electrons. The quantitative estimate of drug-likeness (QED) is 0.557. The molecule has 15 heavy (non-hydrogen) atoms. The van der Waals surface area contributed by atoms with Gasteiger partial charge in [-0.2, -0.15) is 0 Å². The van der Waals surface area contributed by atoms with Crippen LogP contribution in [0.2, 0.25) is 0 Å². The maximum absolute atomic E-state index is 9.07. The number of rotatable bonds is 4. The van der Waals surface area contributed by atoms with Crippen LogP contribution in [-0.4, -0.2) is 34.6 Å². The molecule has 0 fully saturated rings. The second kappa shape index (κ2) is 6.34. The van der Waals surface area contributed by atoms with Crippen molar-refractivity contribution in [2.24, 2.45) is 0 Å². The minimum Gasteiger partial charge on any atom is -0.394 e. The lowest BCUT2D eigenvalue weighted by Gasteiger charge is -2.12. The minimum absolute atomic E-state index is 0.231. The zero-order chi connectivity index (χ0) is 11.1. The molecule has 0 saturated carbocycles. The predicted molar refractivity (Wildman–Crippen MR) is 63.8 cm³/mol. The molecule has 0 spiro atoms. The summed E-state index contributed by atoms with van der Waals surface area (Å²) in [6, 6.07) is 9.48. The maximum Gasteiger partial charge on any atom is 0.170 e. The first-order valence-corrected chi connectivity index (χ1v) is 5.02. The largest absolute Gasteiger partial charge is 0.394 e. The lowest BCUT2D eigenvalue weighted by atomic mass is 10.3. The Bertz CT molecular complexity index is 306. The smallest absolute Gasteiger partial charge is 0.170 e. The molecular formula is C10H14N2O2S. The summed E-state index contributed by atoms with van der Waals surface area (Å²) < 4.78 is 0. The van der Waals surface area contributed by atoms with E-state index in [1.165, 1.54) is 0 Å². The van der Waals surface area contributed by atoms with Crippen LogP contribution in [-0.2, 0) is 0 Å². The van der Waals surface area contributed by atoms with Crippen molar-refractivity contribution in [2.45, 2.75) is 6.10 Å². The SMILES string of the molecule is OC[C@@H](O)CNC(=S)Nc1ccccc1. The number of anilines is 1. The number of nitrogens with one attached hydrogen (secondary N) is 2. The molecule has 0 aliphatic heterocycles. The van der Waals surface area contributed by atoms with Gasteiger partial charge in [0.15, 0.2) is 5.11 Å². The molecule has 0 aliphatic rings. The van der Waals surface area contributed by atoms with E-state index in [9.17, 15) is 0 Å². The number of aliphatic hydroxyl groups is 2. The van der Waals surface area contributed by atoms with Crippen molar-refractivity contribution < 1.29 is 10.2 Å². The Morgan fingerprint density at radius 2 is 2.00 bits per heavy atom. The molecule has 4 N–H and O–H groups in total. The van der Waals surface area contributed by atoms with E-state index in [-0.39, 0.29) is 13.2 Å². The van der Waals surface area contributed by atoms with Crippen LogP contribution in [0.4, 0.5) is 5.69 Å². The van der Waals surface area contributed by atoms with Crippen molar-refractivity contribution in [2.75, 3.05) is 18.5 Å². The van der Waals surface area contributed by atoms with Crippen LogP contribution in [0.3, 0.4) is 0 Å². The van der Waals surface area contributed by atoms with Crippen molar-refractivity contribution in [3.8, 4) is 0 Å². The molecule has 5 heteroatoms. The second-order valence-corrected chi connectivity index (χ2v) is 3.45. The van der Waals surface area contributed by atoms with Crippen molar-refractivity contribution in [1.29, 1.82) is 0 Å². The zero-order valence-electron chi connectivity index (χ0n) is 8.18. The zero-order valence-corrected chi connectivity index (χ0v) is 9.00. The Hall–Kier alpha value is -1.17. The van der Waals surface area contributed by atoms with Gasteiger partial charge in [-0.05, 0) is 24.4 Å². The van der Waals surface area contributed by atoms with Crippen LogP contribution < -0.4 is 10.6 Å². The lowest BCUT2D eigenvalue weighted by Crippen LogP contribution is -2.36. The van der Waals surface area contributed by atoms with Gasteiger partial charge in [0.1, 0.15) is 0 Å². The van der Waals surface area contributed by atoms with Crippen LogP contribution in [0.15, 0.2) is 30.3 Å². The Balaban J connectivity index is 2.31. The van der Waals surface area contributed by atoms with Crippen LogP contribution in [0.1, 0.15) is 0 Å². The van der Waals surface area contributed by atoms with Gasteiger partial charge in [0.25, 0.3) is 0 Å². The van der Waals surface area contributed by atoms with Gasteiger partial charge in [-0.3, -0.25) is 0 Å². The molecule has 1 atom stereocenters. The molecule has 0 unspecified atom stereocenters. The fourth-order valence-corrected chi connectivity index (χ4v) is 1.17. The van der Waals surface area contributed by atoms with E-state index in [0.717, 1.165) is 5.69 Å². The summed E-state index contributed by atoms with van der Waals surface area (Å²) >= 11 is 4.99. The first-order chi connectivity index (χ1) is 7.22. The molecule has 1 aromatic carbocycles. The van der Waals surface area contributed by atoms with Crippen LogP contribution >= 0.6 is 12.2 Å². The number of aliphatic hydroxyl groups excluding tert-OH is 2. The molecule has 1 aromatic rings. The number of hydrogen-bond acceptors (Lipinski definition) is 3. The lowest BCUT2D eigenvalue weighted by molar-refractivity contribution is 0.0984. The Kier molecular flexibility index (Phi) is 5.03. The van der Waals surface area contributed by atoms with E-state index in [4.69, 9.17) is 22.4 Å². The van der Waals surface area contributed by atoms with Crippen molar-refractivity contribution >= 4 is 23.0 Å². The summed E-state index contributed by atoms with van der Waals surface area (Å²) in [6.07, 6.45) is -0.791. The average molecular weight is 226 g/mol. The van der Waals surface area contributed by atoms with Crippen LogP contribution in [0, 0.1) is 0 Å². The first-order valence-electron chi connectivity index (χ1n) is 4.61.